The van der Waals surface area contributed by atoms with Crippen LogP contribution in [0, 0.1) is 0 Å². The molecule has 0 amide bonds. The third-order valence-electron chi connectivity index (χ3n) is 10.1. The molecule has 0 bridgehead atoms. The minimum atomic E-state index is 0.722. The maximum absolute atomic E-state index is 6.27. The van der Waals surface area contributed by atoms with Gasteiger partial charge in [-0.3, -0.25) is 0 Å². The number of furan rings is 1. The summed E-state index contributed by atoms with van der Waals surface area (Å²) in [5.41, 5.74) is 13.7. The summed E-state index contributed by atoms with van der Waals surface area (Å²) in [5.74, 6) is 0. The predicted molar refractivity (Wildman–Crippen MR) is 209 cm³/mol. The molecule has 0 saturated heterocycles. The van der Waals surface area contributed by atoms with Crippen molar-refractivity contribution in [1.29, 1.82) is 0 Å². The van der Waals surface area contributed by atoms with E-state index in [1.165, 1.54) is 32.6 Å². The molecule has 0 spiro atoms. The van der Waals surface area contributed by atoms with Crippen molar-refractivity contribution in [3.63, 3.8) is 0 Å². The van der Waals surface area contributed by atoms with Gasteiger partial charge in [0, 0.05) is 44.0 Å². The number of para-hydroxylation sites is 4. The second kappa shape index (κ2) is 10.8. The first kappa shape index (κ1) is 27.9. The molecule has 0 N–H and O–H groups in total. The molecule has 0 fully saturated rings. The van der Waals surface area contributed by atoms with E-state index in [1.807, 2.05) is 24.3 Å². The number of rotatable bonds is 4. The van der Waals surface area contributed by atoms with Crippen molar-refractivity contribution in [1.82, 2.24) is 19.1 Å². The second-order valence-corrected chi connectivity index (χ2v) is 13.0. The summed E-state index contributed by atoms with van der Waals surface area (Å²) in [7, 11) is 0. The smallest absolute Gasteiger partial charge is 0.155 e. The minimum Gasteiger partial charge on any atom is -0.453 e. The van der Waals surface area contributed by atoms with Crippen molar-refractivity contribution >= 4 is 65.8 Å². The van der Waals surface area contributed by atoms with Crippen molar-refractivity contribution in [3.8, 4) is 33.9 Å². The Hall–Kier alpha value is -6.98. The summed E-state index contributed by atoms with van der Waals surface area (Å²) in [4.78, 5) is 10.4. The molecular formula is C46H28N4O. The van der Waals surface area contributed by atoms with Crippen LogP contribution in [0.5, 0.6) is 0 Å². The number of hydrogen-bond acceptors (Lipinski definition) is 3. The number of nitrogens with zero attached hydrogens (tertiary/aromatic N) is 4. The van der Waals surface area contributed by atoms with Gasteiger partial charge in [0.25, 0.3) is 0 Å². The van der Waals surface area contributed by atoms with Crippen LogP contribution in [0.1, 0.15) is 0 Å². The number of pyridine rings is 2. The van der Waals surface area contributed by atoms with Crippen LogP contribution in [-0.4, -0.2) is 19.1 Å². The predicted octanol–water partition coefficient (Wildman–Crippen LogP) is 11.9. The molecule has 5 heteroatoms. The molecule has 5 heterocycles. The molecule has 6 aromatic carbocycles. The Morgan fingerprint density at radius 3 is 1.45 bits per heavy atom. The average Bonchev–Trinajstić information content (AvgIpc) is 3.85. The summed E-state index contributed by atoms with van der Waals surface area (Å²) < 4.78 is 10.9. The average molecular weight is 653 g/mol. The van der Waals surface area contributed by atoms with Crippen LogP contribution in [0.15, 0.2) is 174 Å². The first-order valence-electron chi connectivity index (χ1n) is 17.2. The Kier molecular flexibility index (Phi) is 5.89. The fourth-order valence-corrected chi connectivity index (χ4v) is 7.81. The fraction of sp³-hybridized carbons (Fsp3) is 0. The van der Waals surface area contributed by atoms with Gasteiger partial charge in [0.05, 0.1) is 33.5 Å². The zero-order chi connectivity index (χ0) is 33.5. The van der Waals surface area contributed by atoms with Crippen LogP contribution in [0.25, 0.3) is 99.7 Å². The Morgan fingerprint density at radius 1 is 0.353 bits per heavy atom. The van der Waals surface area contributed by atoms with Crippen LogP contribution in [0.4, 0.5) is 0 Å². The van der Waals surface area contributed by atoms with E-state index in [4.69, 9.17) is 14.4 Å². The molecule has 5 nitrogen and oxygen atoms in total. The highest BCUT2D eigenvalue weighted by molar-refractivity contribution is 6.12. The van der Waals surface area contributed by atoms with Crippen molar-refractivity contribution in [3.05, 3.63) is 170 Å². The maximum atomic E-state index is 6.27. The van der Waals surface area contributed by atoms with Gasteiger partial charge in [-0.2, -0.15) is 0 Å². The molecule has 0 radical (unpaired) electrons. The highest BCUT2D eigenvalue weighted by Gasteiger charge is 2.18. The number of hydrogen-bond donors (Lipinski definition) is 0. The van der Waals surface area contributed by atoms with Crippen molar-refractivity contribution in [2.45, 2.75) is 0 Å². The first-order chi connectivity index (χ1) is 25.3. The van der Waals surface area contributed by atoms with E-state index in [2.05, 4.69) is 155 Å². The van der Waals surface area contributed by atoms with Crippen LogP contribution in [-0.2, 0) is 0 Å². The van der Waals surface area contributed by atoms with Gasteiger partial charge < -0.3 is 13.6 Å². The van der Waals surface area contributed by atoms with Crippen LogP contribution >= 0.6 is 0 Å². The Balaban J connectivity index is 1.05. The van der Waals surface area contributed by atoms with Crippen molar-refractivity contribution in [2.24, 2.45) is 0 Å². The topological polar surface area (TPSA) is 48.8 Å². The summed E-state index contributed by atoms with van der Waals surface area (Å²) in [5, 5.41) is 4.84. The first-order valence-corrected chi connectivity index (χ1v) is 17.2. The molecule has 238 valence electrons. The zero-order valence-corrected chi connectivity index (χ0v) is 27.4. The monoisotopic (exact) mass is 652 g/mol. The lowest BCUT2D eigenvalue weighted by Gasteiger charge is -2.08. The second-order valence-electron chi connectivity index (χ2n) is 13.0. The van der Waals surface area contributed by atoms with Crippen LogP contribution < -0.4 is 0 Å². The van der Waals surface area contributed by atoms with E-state index in [9.17, 15) is 0 Å². The van der Waals surface area contributed by atoms with E-state index in [-0.39, 0.29) is 0 Å². The van der Waals surface area contributed by atoms with Gasteiger partial charge in [-0.15, -0.1) is 0 Å². The van der Waals surface area contributed by atoms with Gasteiger partial charge in [0.1, 0.15) is 11.0 Å². The van der Waals surface area contributed by atoms with Crippen molar-refractivity contribution in [2.75, 3.05) is 0 Å². The number of benzene rings is 6. The molecular weight excluding hydrogens is 625 g/mol. The normalized spacial score (nSPS) is 11.9. The molecule has 0 unspecified atom stereocenters. The Morgan fingerprint density at radius 2 is 0.824 bits per heavy atom. The quantitative estimate of drug-likeness (QED) is 0.190. The summed E-state index contributed by atoms with van der Waals surface area (Å²) in [6.45, 7) is 0. The van der Waals surface area contributed by atoms with E-state index in [1.54, 1.807) is 0 Å². The highest BCUT2D eigenvalue weighted by Crippen LogP contribution is 2.38. The summed E-state index contributed by atoms with van der Waals surface area (Å²) in [6.07, 6.45) is 0. The van der Waals surface area contributed by atoms with E-state index < -0.39 is 0 Å². The van der Waals surface area contributed by atoms with Gasteiger partial charge in [0.15, 0.2) is 11.2 Å². The largest absolute Gasteiger partial charge is 0.453 e. The summed E-state index contributed by atoms with van der Waals surface area (Å²) >= 11 is 0. The highest BCUT2D eigenvalue weighted by atomic mass is 16.3. The molecule has 11 rings (SSSR count). The standard InChI is InChI=1S/C46H28N4O/c1-3-11-31(12-4-1)49-40-18-10-8-16-34(40)36-27-29(20-24-41(36)49)37-22-25-43-45(47-37)46-44(51-43)26-23-38(48-46)30-19-21-35-33-15-7-9-17-39(33)50(42(35)28-30)32-13-5-2-6-14-32/h1-28H. The maximum Gasteiger partial charge on any atom is 0.155 e. The van der Waals surface area contributed by atoms with E-state index in [0.717, 1.165) is 67.1 Å². The van der Waals surface area contributed by atoms with Gasteiger partial charge >= 0.3 is 0 Å². The lowest BCUT2D eigenvalue weighted by atomic mass is 10.1. The number of fused-ring (bicyclic) bond motifs is 9. The third-order valence-corrected chi connectivity index (χ3v) is 10.1. The van der Waals surface area contributed by atoms with Crippen LogP contribution in [0.3, 0.4) is 0 Å². The molecule has 51 heavy (non-hydrogen) atoms. The van der Waals surface area contributed by atoms with Gasteiger partial charge in [-0.1, -0.05) is 91.0 Å². The molecule has 0 atom stereocenters. The molecule has 0 aliphatic heterocycles. The SMILES string of the molecule is c1ccc(-n2c3ccccc3c3cc(-c4ccc5oc6ccc(-c7ccc8c9ccccc9n(-c9ccccc9)c8c7)nc6c5n4)ccc32)cc1. The fourth-order valence-electron chi connectivity index (χ4n) is 7.81. The summed E-state index contributed by atoms with van der Waals surface area (Å²) in [6, 6.07) is 59.6. The minimum absolute atomic E-state index is 0.722. The molecule has 5 aromatic heterocycles. The van der Waals surface area contributed by atoms with E-state index >= 15 is 0 Å². The lowest BCUT2D eigenvalue weighted by molar-refractivity contribution is 0.667. The molecule has 0 aliphatic rings. The van der Waals surface area contributed by atoms with Gasteiger partial charge in [-0.25, -0.2) is 9.97 Å². The molecule has 0 saturated carbocycles. The van der Waals surface area contributed by atoms with E-state index in [0.29, 0.717) is 0 Å². The Labute approximate surface area is 292 Å². The third kappa shape index (κ3) is 4.22. The number of aromatic nitrogens is 4. The molecule has 11 aromatic rings. The zero-order valence-electron chi connectivity index (χ0n) is 27.4. The van der Waals surface area contributed by atoms with Crippen molar-refractivity contribution < 1.29 is 4.42 Å². The van der Waals surface area contributed by atoms with Gasteiger partial charge in [0.2, 0.25) is 0 Å². The Bertz CT molecular complexity index is 3130. The molecule has 0 aliphatic carbocycles. The van der Waals surface area contributed by atoms with Gasteiger partial charge in [-0.05, 0) is 78.9 Å². The van der Waals surface area contributed by atoms with Crippen LogP contribution in [0.2, 0.25) is 0 Å². The lowest BCUT2D eigenvalue weighted by Crippen LogP contribution is -1.93.